The fraction of sp³-hybridized carbons (Fsp3) is 0.0952. The summed E-state index contributed by atoms with van der Waals surface area (Å²) >= 11 is 1.32. The third kappa shape index (κ3) is 3.27. The monoisotopic (exact) mass is 375 g/mol. The summed E-state index contributed by atoms with van der Waals surface area (Å²) < 4.78 is 7.59. The topological polar surface area (TPSA) is 56.5 Å². The highest BCUT2D eigenvalue weighted by Crippen LogP contribution is 2.21. The zero-order valence-corrected chi connectivity index (χ0v) is 15.6. The van der Waals surface area contributed by atoms with E-state index in [4.69, 9.17) is 4.74 Å². The predicted octanol–water partition coefficient (Wildman–Crippen LogP) is 3.24. The Balaban J connectivity index is 1.79. The Morgan fingerprint density at radius 2 is 1.96 bits per heavy atom. The summed E-state index contributed by atoms with van der Waals surface area (Å²) in [5, 5.41) is 4.42. The van der Waals surface area contributed by atoms with Crippen LogP contribution in [0, 0.1) is 6.92 Å². The molecule has 0 aliphatic rings. The Bertz CT molecular complexity index is 1240. The fourth-order valence-electron chi connectivity index (χ4n) is 2.79. The van der Waals surface area contributed by atoms with Crippen LogP contribution in [0.2, 0.25) is 0 Å². The van der Waals surface area contributed by atoms with Crippen molar-refractivity contribution >= 4 is 22.4 Å². The minimum atomic E-state index is -0.180. The Kier molecular flexibility index (Phi) is 4.56. The lowest BCUT2D eigenvalue weighted by Gasteiger charge is -2.05. The minimum absolute atomic E-state index is 0.180. The first-order valence-electron chi connectivity index (χ1n) is 8.47. The van der Waals surface area contributed by atoms with E-state index in [0.717, 1.165) is 16.7 Å². The average Bonchev–Trinajstić information content (AvgIpc) is 3.21. The molecule has 0 aliphatic heterocycles. The number of aromatic nitrogens is 3. The quantitative estimate of drug-likeness (QED) is 0.503. The fourth-order valence-corrected chi connectivity index (χ4v) is 3.69. The number of aryl methyl sites for hydroxylation is 1. The summed E-state index contributed by atoms with van der Waals surface area (Å²) in [5.74, 6) is 1.27. The maximum Gasteiger partial charge on any atom is 0.291 e. The molecule has 134 valence electrons. The molecule has 0 radical (unpaired) electrons. The molecule has 0 amide bonds. The highest BCUT2D eigenvalue weighted by Gasteiger charge is 2.13. The van der Waals surface area contributed by atoms with E-state index < -0.39 is 0 Å². The summed E-state index contributed by atoms with van der Waals surface area (Å²) in [6, 6.07) is 15.4. The van der Waals surface area contributed by atoms with Crippen LogP contribution < -0.4 is 14.8 Å². The molecule has 4 rings (SSSR count). The summed E-state index contributed by atoms with van der Waals surface area (Å²) in [7, 11) is 0. The van der Waals surface area contributed by atoms with Crippen molar-refractivity contribution in [1.29, 1.82) is 0 Å². The van der Waals surface area contributed by atoms with Crippen LogP contribution in [0.5, 0.6) is 5.75 Å². The highest BCUT2D eigenvalue weighted by atomic mass is 32.1. The van der Waals surface area contributed by atoms with Gasteiger partial charge in [-0.3, -0.25) is 4.79 Å². The molecule has 0 aliphatic carbocycles. The van der Waals surface area contributed by atoms with Crippen LogP contribution in [0.25, 0.3) is 22.4 Å². The van der Waals surface area contributed by atoms with E-state index in [0.29, 0.717) is 27.7 Å². The van der Waals surface area contributed by atoms with Crippen LogP contribution in [-0.4, -0.2) is 21.2 Å². The van der Waals surface area contributed by atoms with Crippen molar-refractivity contribution in [2.45, 2.75) is 6.92 Å². The van der Waals surface area contributed by atoms with E-state index in [1.54, 1.807) is 6.08 Å². The second-order valence-corrected chi connectivity index (χ2v) is 7.01. The molecule has 6 heteroatoms. The second kappa shape index (κ2) is 7.17. The molecule has 0 N–H and O–H groups in total. The van der Waals surface area contributed by atoms with Gasteiger partial charge in [-0.2, -0.15) is 9.50 Å². The van der Waals surface area contributed by atoms with Crippen molar-refractivity contribution in [3.05, 3.63) is 87.2 Å². The van der Waals surface area contributed by atoms with Crippen molar-refractivity contribution < 1.29 is 4.74 Å². The lowest BCUT2D eigenvalue weighted by molar-refractivity contribution is 0.362. The summed E-state index contributed by atoms with van der Waals surface area (Å²) in [5.41, 5.74) is 2.66. The maximum atomic E-state index is 12.8. The smallest absolute Gasteiger partial charge is 0.291 e. The minimum Gasteiger partial charge on any atom is -0.489 e. The third-order valence-corrected chi connectivity index (χ3v) is 5.09. The van der Waals surface area contributed by atoms with Crippen LogP contribution in [0.4, 0.5) is 0 Å². The van der Waals surface area contributed by atoms with Crippen molar-refractivity contribution in [2.75, 3.05) is 6.61 Å². The van der Waals surface area contributed by atoms with Gasteiger partial charge >= 0.3 is 0 Å². The standard InChI is InChI=1S/C21H17N3O2S/c1-3-12-26-17-11-7-5-9-15(17)13-18-20(25)24-21(27-18)22-19(23-24)16-10-6-4-8-14(16)2/h3-11,13H,1,12H2,2H3/b18-13-. The molecule has 0 fully saturated rings. The van der Waals surface area contributed by atoms with Crippen LogP contribution in [-0.2, 0) is 0 Å². The van der Waals surface area contributed by atoms with E-state index in [1.165, 1.54) is 15.9 Å². The first kappa shape index (κ1) is 17.2. The van der Waals surface area contributed by atoms with Crippen LogP contribution in [0.1, 0.15) is 11.1 Å². The van der Waals surface area contributed by atoms with Gasteiger partial charge in [0.15, 0.2) is 5.82 Å². The van der Waals surface area contributed by atoms with Crippen molar-refractivity contribution in [3.63, 3.8) is 0 Å². The molecule has 0 atom stereocenters. The number of para-hydroxylation sites is 1. The van der Waals surface area contributed by atoms with Crippen molar-refractivity contribution in [3.8, 4) is 17.1 Å². The Labute approximate surface area is 159 Å². The first-order valence-corrected chi connectivity index (χ1v) is 9.29. The van der Waals surface area contributed by atoms with Crippen molar-refractivity contribution in [1.82, 2.24) is 14.6 Å². The van der Waals surface area contributed by atoms with Gasteiger partial charge in [0.2, 0.25) is 4.96 Å². The molecule has 0 saturated carbocycles. The third-order valence-electron chi connectivity index (χ3n) is 4.13. The molecule has 0 bridgehead atoms. The molecule has 2 aromatic carbocycles. The van der Waals surface area contributed by atoms with Gasteiger partial charge < -0.3 is 4.74 Å². The maximum absolute atomic E-state index is 12.8. The highest BCUT2D eigenvalue weighted by molar-refractivity contribution is 7.15. The molecular formula is C21H17N3O2S. The second-order valence-electron chi connectivity index (χ2n) is 6.00. The number of benzene rings is 2. The lowest BCUT2D eigenvalue weighted by atomic mass is 10.1. The lowest BCUT2D eigenvalue weighted by Crippen LogP contribution is -2.23. The largest absolute Gasteiger partial charge is 0.489 e. The van der Waals surface area contributed by atoms with E-state index in [2.05, 4.69) is 16.7 Å². The molecular weight excluding hydrogens is 358 g/mol. The number of rotatable bonds is 5. The molecule has 27 heavy (non-hydrogen) atoms. The zero-order chi connectivity index (χ0) is 18.8. The number of thiazole rings is 1. The summed E-state index contributed by atoms with van der Waals surface area (Å²) in [6.07, 6.45) is 3.50. The van der Waals surface area contributed by atoms with Crippen LogP contribution in [0.15, 0.2) is 66.0 Å². The normalized spacial score (nSPS) is 11.8. The van der Waals surface area contributed by atoms with Gasteiger partial charge in [-0.1, -0.05) is 66.5 Å². The number of hydrogen-bond donors (Lipinski definition) is 0. The predicted molar refractivity (Wildman–Crippen MR) is 108 cm³/mol. The first-order chi connectivity index (χ1) is 13.2. The van der Waals surface area contributed by atoms with E-state index in [9.17, 15) is 4.79 Å². The Hall–Kier alpha value is -3.25. The van der Waals surface area contributed by atoms with Gasteiger partial charge in [-0.05, 0) is 24.6 Å². The van der Waals surface area contributed by atoms with E-state index >= 15 is 0 Å². The van der Waals surface area contributed by atoms with Crippen LogP contribution >= 0.6 is 11.3 Å². The number of ether oxygens (including phenoxy) is 1. The van der Waals surface area contributed by atoms with Gasteiger partial charge in [0.1, 0.15) is 12.4 Å². The van der Waals surface area contributed by atoms with Gasteiger partial charge in [-0.25, -0.2) is 0 Å². The Morgan fingerprint density at radius 1 is 1.19 bits per heavy atom. The summed E-state index contributed by atoms with van der Waals surface area (Å²) in [6.45, 7) is 6.07. The molecule has 2 aromatic heterocycles. The summed E-state index contributed by atoms with van der Waals surface area (Å²) in [4.78, 5) is 17.9. The zero-order valence-electron chi connectivity index (χ0n) is 14.8. The number of fused-ring (bicyclic) bond motifs is 1. The van der Waals surface area contributed by atoms with Gasteiger partial charge in [0, 0.05) is 11.1 Å². The number of hydrogen-bond acceptors (Lipinski definition) is 5. The SMILES string of the molecule is C=CCOc1ccccc1/C=c1\sc2nc(-c3ccccc3C)nn2c1=O. The van der Waals surface area contributed by atoms with E-state index in [1.807, 2.05) is 61.5 Å². The Morgan fingerprint density at radius 3 is 2.74 bits per heavy atom. The molecule has 4 aromatic rings. The molecule has 0 spiro atoms. The van der Waals surface area contributed by atoms with Gasteiger partial charge in [0.25, 0.3) is 5.56 Å². The van der Waals surface area contributed by atoms with Crippen LogP contribution in [0.3, 0.4) is 0 Å². The molecule has 5 nitrogen and oxygen atoms in total. The van der Waals surface area contributed by atoms with Gasteiger partial charge in [-0.15, -0.1) is 5.10 Å². The molecule has 0 saturated heterocycles. The van der Waals surface area contributed by atoms with Crippen molar-refractivity contribution in [2.24, 2.45) is 0 Å². The molecule has 0 unspecified atom stereocenters. The van der Waals surface area contributed by atoms with Gasteiger partial charge in [0.05, 0.1) is 4.53 Å². The van der Waals surface area contributed by atoms with E-state index in [-0.39, 0.29) is 5.56 Å². The average molecular weight is 375 g/mol. The molecule has 2 heterocycles. The number of nitrogens with zero attached hydrogens (tertiary/aromatic N) is 3.